The molecule has 3 heterocycles. The summed E-state index contributed by atoms with van der Waals surface area (Å²) in [6.07, 6.45) is 4.21. The first-order chi connectivity index (χ1) is 15.3. The molecule has 0 bridgehead atoms. The van der Waals surface area contributed by atoms with Crippen LogP contribution in [-0.4, -0.2) is 87.4 Å². The van der Waals surface area contributed by atoms with E-state index in [4.69, 9.17) is 4.74 Å². The molecule has 2 aliphatic rings. The van der Waals surface area contributed by atoms with Gasteiger partial charge in [0.05, 0.1) is 18.3 Å². The molecule has 2 saturated heterocycles. The monoisotopic (exact) mass is 439 g/mol. The molecule has 4 rings (SSSR count). The number of ether oxygens (including phenoxy) is 1. The maximum absolute atomic E-state index is 13.0. The third-order valence-electron chi connectivity index (χ3n) is 6.00. The van der Waals surface area contributed by atoms with Crippen LogP contribution in [0.25, 0.3) is 0 Å². The molecule has 0 N–H and O–H groups in total. The number of nitrogens with zero attached hydrogens (tertiary/aromatic N) is 5. The first-order valence-electron chi connectivity index (χ1n) is 11.4. The standard InChI is InChI=1S/C24H33N5O3/c1-24(2,3)32-23(31)27-13-11-26(12-14-27)21-9-10-28(18-21)22(30)20-15-25-29(17-20)16-19-7-5-4-6-8-19/h4-8,15,17,21H,9-14,16,18H2,1-3H3. The molecular weight excluding hydrogens is 406 g/mol. The second-order valence-corrected chi connectivity index (χ2v) is 9.61. The van der Waals surface area contributed by atoms with Crippen molar-refractivity contribution in [3.63, 3.8) is 0 Å². The Balaban J connectivity index is 1.27. The van der Waals surface area contributed by atoms with Crippen LogP contribution in [0.5, 0.6) is 0 Å². The van der Waals surface area contributed by atoms with E-state index in [1.165, 1.54) is 0 Å². The third-order valence-corrected chi connectivity index (χ3v) is 6.00. The summed E-state index contributed by atoms with van der Waals surface area (Å²) in [6, 6.07) is 10.4. The molecule has 0 radical (unpaired) electrons. The lowest BCUT2D eigenvalue weighted by Gasteiger charge is -2.38. The lowest BCUT2D eigenvalue weighted by Crippen LogP contribution is -2.53. The Morgan fingerprint density at radius 3 is 2.44 bits per heavy atom. The predicted octanol–water partition coefficient (Wildman–Crippen LogP) is 2.70. The molecular formula is C24H33N5O3. The van der Waals surface area contributed by atoms with Crippen molar-refractivity contribution in [3.8, 4) is 0 Å². The van der Waals surface area contributed by atoms with Gasteiger partial charge in [0.25, 0.3) is 5.91 Å². The highest BCUT2D eigenvalue weighted by Crippen LogP contribution is 2.20. The highest BCUT2D eigenvalue weighted by atomic mass is 16.6. The minimum atomic E-state index is -0.477. The average molecular weight is 440 g/mol. The van der Waals surface area contributed by atoms with Crippen molar-refractivity contribution in [1.29, 1.82) is 0 Å². The number of piperazine rings is 1. The number of amides is 2. The Bertz CT molecular complexity index is 929. The van der Waals surface area contributed by atoms with Gasteiger partial charge in [0.1, 0.15) is 5.60 Å². The Labute approximate surface area is 189 Å². The molecule has 2 aromatic rings. The van der Waals surface area contributed by atoms with E-state index in [1.54, 1.807) is 11.1 Å². The van der Waals surface area contributed by atoms with Gasteiger partial charge in [0.2, 0.25) is 0 Å². The van der Waals surface area contributed by atoms with Crippen LogP contribution in [0.3, 0.4) is 0 Å². The predicted molar refractivity (Wildman–Crippen MR) is 121 cm³/mol. The molecule has 2 fully saturated rings. The zero-order chi connectivity index (χ0) is 22.7. The summed E-state index contributed by atoms with van der Waals surface area (Å²) in [5, 5.41) is 4.37. The molecule has 32 heavy (non-hydrogen) atoms. The van der Waals surface area contributed by atoms with Crippen molar-refractivity contribution in [3.05, 3.63) is 53.9 Å². The van der Waals surface area contributed by atoms with Crippen LogP contribution in [-0.2, 0) is 11.3 Å². The first-order valence-corrected chi connectivity index (χ1v) is 11.4. The molecule has 0 saturated carbocycles. The molecule has 172 valence electrons. The van der Waals surface area contributed by atoms with Gasteiger partial charge >= 0.3 is 6.09 Å². The molecule has 2 amide bonds. The normalized spacial score (nSPS) is 19.9. The van der Waals surface area contributed by atoms with Gasteiger partial charge in [-0.25, -0.2) is 4.79 Å². The quantitative estimate of drug-likeness (QED) is 0.733. The van der Waals surface area contributed by atoms with Crippen LogP contribution in [0.4, 0.5) is 4.79 Å². The molecule has 8 heteroatoms. The molecule has 1 aromatic carbocycles. The summed E-state index contributed by atoms with van der Waals surface area (Å²) >= 11 is 0. The largest absolute Gasteiger partial charge is 0.444 e. The highest BCUT2D eigenvalue weighted by molar-refractivity contribution is 5.94. The van der Waals surface area contributed by atoms with Crippen LogP contribution in [0.15, 0.2) is 42.7 Å². The number of likely N-dealkylation sites (tertiary alicyclic amines) is 1. The van der Waals surface area contributed by atoms with Gasteiger partial charge in [-0.15, -0.1) is 0 Å². The molecule has 0 aliphatic carbocycles. The van der Waals surface area contributed by atoms with Crippen molar-refractivity contribution in [2.75, 3.05) is 39.3 Å². The van der Waals surface area contributed by atoms with E-state index in [-0.39, 0.29) is 12.0 Å². The van der Waals surface area contributed by atoms with E-state index in [9.17, 15) is 9.59 Å². The van der Waals surface area contributed by atoms with Gasteiger partial charge in [-0.05, 0) is 32.8 Å². The maximum Gasteiger partial charge on any atom is 0.410 e. The Hall–Kier alpha value is -2.87. The summed E-state index contributed by atoms with van der Waals surface area (Å²) < 4.78 is 7.29. The Morgan fingerprint density at radius 1 is 1.03 bits per heavy atom. The second-order valence-electron chi connectivity index (χ2n) is 9.61. The summed E-state index contributed by atoms with van der Waals surface area (Å²) in [4.78, 5) is 31.4. The smallest absolute Gasteiger partial charge is 0.410 e. The van der Waals surface area contributed by atoms with Gasteiger partial charge in [-0.1, -0.05) is 30.3 Å². The van der Waals surface area contributed by atoms with Crippen molar-refractivity contribution in [2.24, 2.45) is 0 Å². The fourth-order valence-corrected chi connectivity index (χ4v) is 4.33. The number of hydrogen-bond acceptors (Lipinski definition) is 5. The summed E-state index contributed by atoms with van der Waals surface area (Å²) in [7, 11) is 0. The third kappa shape index (κ3) is 5.48. The van der Waals surface area contributed by atoms with Crippen LogP contribution in [0.1, 0.15) is 43.1 Å². The van der Waals surface area contributed by atoms with Crippen molar-refractivity contribution >= 4 is 12.0 Å². The van der Waals surface area contributed by atoms with Crippen molar-refractivity contribution in [2.45, 2.75) is 45.4 Å². The second kappa shape index (κ2) is 9.32. The Kier molecular flexibility index (Phi) is 6.50. The summed E-state index contributed by atoms with van der Waals surface area (Å²) in [5.74, 6) is 0.0409. The topological polar surface area (TPSA) is 70.9 Å². The fourth-order valence-electron chi connectivity index (χ4n) is 4.33. The highest BCUT2D eigenvalue weighted by Gasteiger charge is 2.34. The lowest BCUT2D eigenvalue weighted by molar-refractivity contribution is 0.0108. The lowest BCUT2D eigenvalue weighted by atomic mass is 10.2. The average Bonchev–Trinajstić information content (AvgIpc) is 3.43. The fraction of sp³-hybridized carbons (Fsp3) is 0.542. The first kappa shape index (κ1) is 22.3. The van der Waals surface area contributed by atoms with E-state index in [0.29, 0.717) is 31.2 Å². The number of benzene rings is 1. The molecule has 1 unspecified atom stereocenters. The van der Waals surface area contributed by atoms with Crippen LogP contribution < -0.4 is 0 Å². The van der Waals surface area contributed by atoms with Crippen LogP contribution >= 0.6 is 0 Å². The minimum Gasteiger partial charge on any atom is -0.444 e. The van der Waals surface area contributed by atoms with Gasteiger partial charge in [-0.3, -0.25) is 14.4 Å². The van der Waals surface area contributed by atoms with Crippen LogP contribution in [0, 0.1) is 0 Å². The van der Waals surface area contributed by atoms with E-state index in [2.05, 4.69) is 22.1 Å². The van der Waals surface area contributed by atoms with E-state index >= 15 is 0 Å². The number of carbonyl (C=O) groups excluding carboxylic acids is 2. The number of carbonyl (C=O) groups is 2. The maximum atomic E-state index is 13.0. The van der Waals surface area contributed by atoms with E-state index in [0.717, 1.165) is 38.2 Å². The van der Waals surface area contributed by atoms with Crippen molar-refractivity contribution in [1.82, 2.24) is 24.5 Å². The molecule has 1 atom stereocenters. The summed E-state index contributed by atoms with van der Waals surface area (Å²) in [6.45, 7) is 10.7. The van der Waals surface area contributed by atoms with Gasteiger partial charge < -0.3 is 14.5 Å². The zero-order valence-electron chi connectivity index (χ0n) is 19.2. The number of aromatic nitrogens is 2. The van der Waals surface area contributed by atoms with Crippen LogP contribution in [0.2, 0.25) is 0 Å². The number of hydrogen-bond donors (Lipinski definition) is 0. The van der Waals surface area contributed by atoms with Gasteiger partial charge in [0.15, 0.2) is 0 Å². The minimum absolute atomic E-state index is 0.0409. The molecule has 0 spiro atoms. The number of rotatable bonds is 4. The molecule has 8 nitrogen and oxygen atoms in total. The van der Waals surface area contributed by atoms with Crippen molar-refractivity contribution < 1.29 is 14.3 Å². The molecule has 1 aromatic heterocycles. The van der Waals surface area contributed by atoms with E-state index in [1.807, 2.05) is 54.7 Å². The van der Waals surface area contributed by atoms with Gasteiger partial charge in [-0.2, -0.15) is 5.10 Å². The SMILES string of the molecule is CC(C)(C)OC(=O)N1CCN(C2CCN(C(=O)c3cnn(Cc4ccccc4)c3)C2)CC1. The summed E-state index contributed by atoms with van der Waals surface area (Å²) in [5.41, 5.74) is 1.31. The zero-order valence-corrected chi connectivity index (χ0v) is 19.2. The van der Waals surface area contributed by atoms with Gasteiger partial charge in [0, 0.05) is 51.5 Å². The van der Waals surface area contributed by atoms with E-state index < -0.39 is 5.60 Å². The molecule has 2 aliphatic heterocycles. The Morgan fingerprint density at radius 2 is 1.75 bits per heavy atom.